The van der Waals surface area contributed by atoms with Crippen LogP contribution in [0, 0.1) is 0 Å². The van der Waals surface area contributed by atoms with Crippen molar-refractivity contribution in [1.29, 1.82) is 0 Å². The summed E-state index contributed by atoms with van der Waals surface area (Å²) in [6.45, 7) is 6.91. The van der Waals surface area contributed by atoms with Crippen LogP contribution in [0.3, 0.4) is 0 Å². The van der Waals surface area contributed by atoms with E-state index in [0.717, 1.165) is 19.3 Å². The minimum atomic E-state index is -0.357. The third kappa shape index (κ3) is 5.64. The van der Waals surface area contributed by atoms with Crippen molar-refractivity contribution in [2.24, 2.45) is 0 Å². The number of carbonyl (C=O) groups excluding carboxylic acids is 1. The fourth-order valence-electron chi connectivity index (χ4n) is 1.03. The first-order valence-corrected chi connectivity index (χ1v) is 5.04. The summed E-state index contributed by atoms with van der Waals surface area (Å²) in [5, 5.41) is 0. The van der Waals surface area contributed by atoms with Crippen LogP contribution >= 0.6 is 0 Å². The zero-order valence-corrected chi connectivity index (χ0v) is 8.84. The largest absolute Gasteiger partial charge is 0.464 e. The van der Waals surface area contributed by atoms with Gasteiger partial charge in [0.1, 0.15) is 0 Å². The Labute approximate surface area is 80.4 Å². The van der Waals surface area contributed by atoms with Crippen molar-refractivity contribution in [1.82, 2.24) is 0 Å². The second-order valence-corrected chi connectivity index (χ2v) is 2.90. The maximum Gasteiger partial charge on any atom is 0.335 e. The average Bonchev–Trinajstić information content (AvgIpc) is 2.12. The van der Waals surface area contributed by atoms with Gasteiger partial charge in [0.25, 0.3) is 0 Å². The summed E-state index contributed by atoms with van der Waals surface area (Å²) in [5.74, 6) is -0.224. The molecule has 0 saturated heterocycles. The van der Waals surface area contributed by atoms with Gasteiger partial charge in [0.05, 0.1) is 6.61 Å². The van der Waals surface area contributed by atoms with E-state index in [4.69, 9.17) is 9.47 Å². The predicted molar refractivity (Wildman–Crippen MR) is 51.6 cm³/mol. The number of rotatable bonds is 7. The molecule has 0 aromatic heterocycles. The van der Waals surface area contributed by atoms with Gasteiger partial charge < -0.3 is 9.47 Å². The van der Waals surface area contributed by atoms with Crippen molar-refractivity contribution in [3.05, 3.63) is 0 Å². The van der Waals surface area contributed by atoms with Crippen LogP contribution in [0.1, 0.15) is 40.0 Å². The standard InChI is InChI=1S/C10H20O3/c1-4-7-9(13-8-5-2)10(11)12-6-3/h9H,4-8H2,1-3H3. The molecule has 0 aliphatic rings. The van der Waals surface area contributed by atoms with E-state index in [1.807, 2.05) is 13.8 Å². The van der Waals surface area contributed by atoms with Crippen molar-refractivity contribution in [3.63, 3.8) is 0 Å². The highest BCUT2D eigenvalue weighted by Gasteiger charge is 2.18. The van der Waals surface area contributed by atoms with Crippen molar-refractivity contribution >= 4 is 5.97 Å². The van der Waals surface area contributed by atoms with E-state index in [1.54, 1.807) is 6.92 Å². The molecule has 0 rings (SSSR count). The lowest BCUT2D eigenvalue weighted by atomic mass is 10.2. The third-order valence-electron chi connectivity index (χ3n) is 1.62. The van der Waals surface area contributed by atoms with Crippen LogP contribution in [-0.4, -0.2) is 25.3 Å². The quantitative estimate of drug-likeness (QED) is 0.574. The molecule has 0 aliphatic carbocycles. The number of carbonyl (C=O) groups is 1. The molecule has 0 heterocycles. The smallest absolute Gasteiger partial charge is 0.335 e. The Bertz CT molecular complexity index is 134. The minimum absolute atomic E-state index is 0.224. The first-order valence-electron chi connectivity index (χ1n) is 5.04. The van der Waals surface area contributed by atoms with Gasteiger partial charge in [-0.3, -0.25) is 0 Å². The van der Waals surface area contributed by atoms with Crippen LogP contribution in [0.5, 0.6) is 0 Å². The molecular formula is C10H20O3. The van der Waals surface area contributed by atoms with Crippen molar-refractivity contribution < 1.29 is 14.3 Å². The number of hydrogen-bond donors (Lipinski definition) is 0. The molecule has 0 radical (unpaired) electrons. The molecule has 13 heavy (non-hydrogen) atoms. The lowest BCUT2D eigenvalue weighted by Crippen LogP contribution is -2.26. The van der Waals surface area contributed by atoms with E-state index in [2.05, 4.69) is 0 Å². The maximum absolute atomic E-state index is 11.3. The van der Waals surface area contributed by atoms with Crippen molar-refractivity contribution in [2.75, 3.05) is 13.2 Å². The first kappa shape index (κ1) is 12.4. The molecule has 0 spiro atoms. The predicted octanol–water partition coefficient (Wildman–Crippen LogP) is 2.14. The molecule has 1 unspecified atom stereocenters. The average molecular weight is 188 g/mol. The Morgan fingerprint density at radius 1 is 1.23 bits per heavy atom. The number of esters is 1. The van der Waals surface area contributed by atoms with Crippen LogP contribution in [-0.2, 0) is 14.3 Å². The summed E-state index contributed by atoms with van der Waals surface area (Å²) in [6, 6.07) is 0. The van der Waals surface area contributed by atoms with Crippen LogP contribution in [0.2, 0.25) is 0 Å². The van der Waals surface area contributed by atoms with Gasteiger partial charge in [-0.2, -0.15) is 0 Å². The Morgan fingerprint density at radius 3 is 2.38 bits per heavy atom. The summed E-state index contributed by atoms with van der Waals surface area (Å²) in [5.41, 5.74) is 0. The van der Waals surface area contributed by atoms with Crippen molar-refractivity contribution in [2.45, 2.75) is 46.1 Å². The van der Waals surface area contributed by atoms with Gasteiger partial charge in [-0.1, -0.05) is 20.3 Å². The Morgan fingerprint density at radius 2 is 1.92 bits per heavy atom. The zero-order chi connectivity index (χ0) is 10.1. The van der Waals surface area contributed by atoms with E-state index >= 15 is 0 Å². The normalized spacial score (nSPS) is 12.5. The molecule has 0 N–H and O–H groups in total. The van der Waals surface area contributed by atoms with Crippen LogP contribution < -0.4 is 0 Å². The molecule has 3 nitrogen and oxygen atoms in total. The molecule has 0 amide bonds. The Kier molecular flexibility index (Phi) is 7.69. The zero-order valence-electron chi connectivity index (χ0n) is 8.84. The van der Waals surface area contributed by atoms with Crippen LogP contribution in [0.4, 0.5) is 0 Å². The SMILES string of the molecule is CCCOC(CCC)C(=O)OCC. The van der Waals surface area contributed by atoms with Gasteiger partial charge in [-0.15, -0.1) is 0 Å². The molecule has 0 fully saturated rings. The fourth-order valence-corrected chi connectivity index (χ4v) is 1.03. The van der Waals surface area contributed by atoms with E-state index in [-0.39, 0.29) is 12.1 Å². The maximum atomic E-state index is 11.3. The Hall–Kier alpha value is -0.570. The van der Waals surface area contributed by atoms with Gasteiger partial charge in [0.15, 0.2) is 6.10 Å². The van der Waals surface area contributed by atoms with Gasteiger partial charge in [-0.05, 0) is 19.8 Å². The summed E-state index contributed by atoms with van der Waals surface area (Å²) in [6.07, 6.45) is 2.26. The highest BCUT2D eigenvalue weighted by Crippen LogP contribution is 2.05. The monoisotopic (exact) mass is 188 g/mol. The second-order valence-electron chi connectivity index (χ2n) is 2.90. The summed E-state index contributed by atoms with van der Waals surface area (Å²) >= 11 is 0. The summed E-state index contributed by atoms with van der Waals surface area (Å²) in [7, 11) is 0. The highest BCUT2D eigenvalue weighted by molar-refractivity contribution is 5.74. The lowest BCUT2D eigenvalue weighted by molar-refractivity contribution is -0.157. The first-order chi connectivity index (χ1) is 6.26. The summed E-state index contributed by atoms with van der Waals surface area (Å²) in [4.78, 5) is 11.3. The number of hydrogen-bond acceptors (Lipinski definition) is 3. The topological polar surface area (TPSA) is 35.5 Å². The fraction of sp³-hybridized carbons (Fsp3) is 0.900. The molecule has 3 heteroatoms. The van der Waals surface area contributed by atoms with Gasteiger partial charge in [0.2, 0.25) is 0 Å². The molecule has 0 aromatic carbocycles. The Balaban J connectivity index is 3.83. The van der Waals surface area contributed by atoms with E-state index in [0.29, 0.717) is 13.2 Å². The molecule has 0 aliphatic heterocycles. The molecule has 78 valence electrons. The molecular weight excluding hydrogens is 168 g/mol. The van der Waals surface area contributed by atoms with Gasteiger partial charge >= 0.3 is 5.97 Å². The van der Waals surface area contributed by atoms with Gasteiger partial charge in [-0.25, -0.2) is 4.79 Å². The van der Waals surface area contributed by atoms with Gasteiger partial charge in [0, 0.05) is 6.61 Å². The minimum Gasteiger partial charge on any atom is -0.464 e. The molecule has 0 saturated carbocycles. The lowest BCUT2D eigenvalue weighted by Gasteiger charge is -2.14. The van der Waals surface area contributed by atoms with E-state index < -0.39 is 0 Å². The third-order valence-corrected chi connectivity index (χ3v) is 1.62. The summed E-state index contributed by atoms with van der Waals surface area (Å²) < 4.78 is 10.3. The van der Waals surface area contributed by atoms with Crippen LogP contribution in [0.25, 0.3) is 0 Å². The van der Waals surface area contributed by atoms with Crippen LogP contribution in [0.15, 0.2) is 0 Å². The molecule has 1 atom stereocenters. The van der Waals surface area contributed by atoms with E-state index in [9.17, 15) is 4.79 Å². The van der Waals surface area contributed by atoms with Crippen molar-refractivity contribution in [3.8, 4) is 0 Å². The highest BCUT2D eigenvalue weighted by atomic mass is 16.6. The molecule has 0 aromatic rings. The number of ether oxygens (including phenoxy) is 2. The second kappa shape index (κ2) is 8.05. The molecule has 0 bridgehead atoms. The van der Waals surface area contributed by atoms with E-state index in [1.165, 1.54) is 0 Å².